The Morgan fingerprint density at radius 3 is 2.68 bits per heavy atom. The second-order valence-corrected chi connectivity index (χ2v) is 5.67. The third-order valence-corrected chi connectivity index (χ3v) is 4.03. The van der Waals surface area contributed by atoms with Gasteiger partial charge < -0.3 is 10.0 Å². The molecule has 0 saturated carbocycles. The van der Waals surface area contributed by atoms with E-state index in [4.69, 9.17) is 0 Å². The van der Waals surface area contributed by atoms with Crippen molar-refractivity contribution in [1.82, 2.24) is 4.90 Å². The molecule has 2 atom stereocenters. The van der Waals surface area contributed by atoms with Gasteiger partial charge in [-0.1, -0.05) is 36.8 Å². The van der Waals surface area contributed by atoms with Crippen molar-refractivity contribution in [2.75, 3.05) is 19.6 Å². The maximum atomic E-state index is 12.1. The third-order valence-electron chi connectivity index (χ3n) is 4.03. The number of aliphatic hydroxyl groups is 1. The van der Waals surface area contributed by atoms with Crippen LogP contribution in [0, 0.1) is 12.8 Å². The van der Waals surface area contributed by atoms with Gasteiger partial charge in [0.05, 0.1) is 6.10 Å². The lowest BCUT2D eigenvalue weighted by molar-refractivity contribution is 0.0287. The van der Waals surface area contributed by atoms with Crippen LogP contribution >= 0.6 is 0 Å². The number of carbonyl (C=O) groups is 1. The Labute approximate surface area is 115 Å². The molecule has 1 saturated heterocycles. The molecule has 3 nitrogen and oxygen atoms in total. The van der Waals surface area contributed by atoms with Crippen LogP contribution in [0.1, 0.15) is 35.7 Å². The predicted molar refractivity (Wildman–Crippen MR) is 76.4 cm³/mol. The number of ketones is 1. The number of aryl methyl sites for hydroxylation is 1. The fourth-order valence-corrected chi connectivity index (χ4v) is 2.46. The second-order valence-electron chi connectivity index (χ2n) is 5.67. The van der Waals surface area contributed by atoms with Gasteiger partial charge in [-0.15, -0.1) is 0 Å². The van der Waals surface area contributed by atoms with E-state index < -0.39 is 0 Å². The van der Waals surface area contributed by atoms with E-state index in [0.717, 1.165) is 25.1 Å². The highest BCUT2D eigenvalue weighted by Crippen LogP contribution is 2.17. The SMILES string of the molecule is Cc1ccc(C(=O)CCN2CCC(C)C(O)C2)cc1. The summed E-state index contributed by atoms with van der Waals surface area (Å²) >= 11 is 0. The molecule has 2 rings (SSSR count). The number of piperidine rings is 1. The lowest BCUT2D eigenvalue weighted by Crippen LogP contribution is -2.43. The fourth-order valence-electron chi connectivity index (χ4n) is 2.46. The molecule has 3 heteroatoms. The summed E-state index contributed by atoms with van der Waals surface area (Å²) in [6.45, 7) is 6.53. The van der Waals surface area contributed by atoms with E-state index in [1.54, 1.807) is 0 Å². The van der Waals surface area contributed by atoms with E-state index in [9.17, 15) is 9.90 Å². The Bertz CT molecular complexity index is 427. The van der Waals surface area contributed by atoms with Crippen LogP contribution in [0.2, 0.25) is 0 Å². The number of carbonyl (C=O) groups excluding carboxylic acids is 1. The van der Waals surface area contributed by atoms with Gasteiger partial charge in [0.1, 0.15) is 0 Å². The first-order chi connectivity index (χ1) is 9.06. The molecule has 0 aliphatic carbocycles. The van der Waals surface area contributed by atoms with Gasteiger partial charge in [0, 0.05) is 25.1 Å². The highest BCUT2D eigenvalue weighted by atomic mass is 16.3. The van der Waals surface area contributed by atoms with Crippen LogP contribution in [-0.2, 0) is 0 Å². The molecule has 1 aromatic carbocycles. The van der Waals surface area contributed by atoms with E-state index in [-0.39, 0.29) is 11.9 Å². The zero-order valence-corrected chi connectivity index (χ0v) is 11.8. The molecule has 1 aliphatic heterocycles. The van der Waals surface area contributed by atoms with E-state index in [0.29, 0.717) is 18.9 Å². The van der Waals surface area contributed by atoms with Crippen molar-refractivity contribution in [3.8, 4) is 0 Å². The minimum absolute atomic E-state index is 0.188. The van der Waals surface area contributed by atoms with E-state index in [2.05, 4.69) is 11.8 Å². The van der Waals surface area contributed by atoms with Crippen LogP contribution in [0.5, 0.6) is 0 Å². The van der Waals surface area contributed by atoms with E-state index in [1.165, 1.54) is 5.56 Å². The Morgan fingerprint density at radius 1 is 1.37 bits per heavy atom. The maximum absolute atomic E-state index is 12.1. The van der Waals surface area contributed by atoms with Crippen molar-refractivity contribution in [1.29, 1.82) is 0 Å². The van der Waals surface area contributed by atoms with Crippen LogP contribution in [0.15, 0.2) is 24.3 Å². The van der Waals surface area contributed by atoms with Gasteiger partial charge in [-0.3, -0.25) is 4.79 Å². The molecule has 0 amide bonds. The summed E-state index contributed by atoms with van der Waals surface area (Å²) in [5.41, 5.74) is 1.96. The number of hydrogen-bond acceptors (Lipinski definition) is 3. The summed E-state index contributed by atoms with van der Waals surface area (Å²) in [5.74, 6) is 0.567. The lowest BCUT2D eigenvalue weighted by Gasteiger charge is -2.34. The van der Waals surface area contributed by atoms with Crippen molar-refractivity contribution < 1.29 is 9.90 Å². The molecule has 104 valence electrons. The Hall–Kier alpha value is -1.19. The van der Waals surface area contributed by atoms with Gasteiger partial charge in [0.2, 0.25) is 0 Å². The normalized spacial score (nSPS) is 24.4. The van der Waals surface area contributed by atoms with E-state index >= 15 is 0 Å². The molecule has 0 spiro atoms. The Kier molecular flexibility index (Phi) is 4.72. The minimum atomic E-state index is -0.247. The summed E-state index contributed by atoms with van der Waals surface area (Å²) in [4.78, 5) is 14.2. The summed E-state index contributed by atoms with van der Waals surface area (Å²) in [6.07, 6.45) is 1.30. The summed E-state index contributed by atoms with van der Waals surface area (Å²) in [5, 5.41) is 9.83. The van der Waals surface area contributed by atoms with Crippen LogP contribution in [0.3, 0.4) is 0 Å². The van der Waals surface area contributed by atoms with Crippen LogP contribution < -0.4 is 0 Å². The number of aliphatic hydroxyl groups excluding tert-OH is 1. The van der Waals surface area contributed by atoms with E-state index in [1.807, 2.05) is 31.2 Å². The monoisotopic (exact) mass is 261 g/mol. The molecule has 1 aromatic rings. The number of nitrogens with zero attached hydrogens (tertiary/aromatic N) is 1. The fraction of sp³-hybridized carbons (Fsp3) is 0.562. The zero-order chi connectivity index (χ0) is 13.8. The largest absolute Gasteiger partial charge is 0.392 e. The number of hydrogen-bond donors (Lipinski definition) is 1. The smallest absolute Gasteiger partial charge is 0.164 e. The summed E-state index contributed by atoms with van der Waals surface area (Å²) in [7, 11) is 0. The molecular formula is C16H23NO2. The quantitative estimate of drug-likeness (QED) is 0.845. The number of Topliss-reactive ketones (excluding diaryl/α,β-unsaturated/α-hetero) is 1. The molecule has 1 heterocycles. The van der Waals surface area contributed by atoms with Crippen LogP contribution in [0.4, 0.5) is 0 Å². The minimum Gasteiger partial charge on any atom is -0.392 e. The van der Waals surface area contributed by atoms with Gasteiger partial charge in [0.15, 0.2) is 5.78 Å². The van der Waals surface area contributed by atoms with Crippen LogP contribution in [-0.4, -0.2) is 41.5 Å². The summed E-state index contributed by atoms with van der Waals surface area (Å²) in [6, 6.07) is 7.73. The number of β-amino-alcohol motifs (C(OH)–C–C–N with tert-alkyl or cyclic N) is 1. The first kappa shape index (κ1) is 14.2. The predicted octanol–water partition coefficient (Wildman–Crippen LogP) is 2.27. The average Bonchev–Trinajstić information content (AvgIpc) is 2.40. The van der Waals surface area contributed by atoms with Crippen molar-refractivity contribution >= 4 is 5.78 Å². The molecule has 0 aromatic heterocycles. The Balaban J connectivity index is 1.82. The van der Waals surface area contributed by atoms with Crippen molar-refractivity contribution in [2.45, 2.75) is 32.8 Å². The van der Waals surface area contributed by atoms with Gasteiger partial charge in [-0.05, 0) is 25.8 Å². The highest BCUT2D eigenvalue weighted by Gasteiger charge is 2.24. The van der Waals surface area contributed by atoms with Gasteiger partial charge in [-0.2, -0.15) is 0 Å². The lowest BCUT2D eigenvalue weighted by atomic mass is 9.96. The molecule has 0 bridgehead atoms. The first-order valence-corrected chi connectivity index (χ1v) is 7.06. The highest BCUT2D eigenvalue weighted by molar-refractivity contribution is 5.96. The zero-order valence-electron chi connectivity index (χ0n) is 11.8. The maximum Gasteiger partial charge on any atom is 0.164 e. The van der Waals surface area contributed by atoms with Crippen molar-refractivity contribution in [3.05, 3.63) is 35.4 Å². The molecule has 1 N–H and O–H groups in total. The summed E-state index contributed by atoms with van der Waals surface area (Å²) < 4.78 is 0. The van der Waals surface area contributed by atoms with Gasteiger partial charge >= 0.3 is 0 Å². The molecule has 0 radical (unpaired) electrons. The van der Waals surface area contributed by atoms with Crippen molar-refractivity contribution in [3.63, 3.8) is 0 Å². The van der Waals surface area contributed by atoms with Gasteiger partial charge in [0.25, 0.3) is 0 Å². The topological polar surface area (TPSA) is 40.5 Å². The standard InChI is InChI=1S/C16H23NO2/c1-12-3-5-14(6-4-12)15(18)8-10-17-9-7-13(2)16(19)11-17/h3-6,13,16,19H,7-11H2,1-2H3. The third kappa shape index (κ3) is 3.88. The molecule has 1 aliphatic rings. The molecule has 2 unspecified atom stereocenters. The number of rotatable bonds is 4. The molecular weight excluding hydrogens is 238 g/mol. The second kappa shape index (κ2) is 6.31. The average molecular weight is 261 g/mol. The van der Waals surface area contributed by atoms with Crippen LogP contribution in [0.25, 0.3) is 0 Å². The molecule has 1 fully saturated rings. The Morgan fingerprint density at radius 2 is 2.05 bits per heavy atom. The van der Waals surface area contributed by atoms with Gasteiger partial charge in [-0.25, -0.2) is 0 Å². The van der Waals surface area contributed by atoms with Crippen molar-refractivity contribution in [2.24, 2.45) is 5.92 Å². The number of benzene rings is 1. The number of likely N-dealkylation sites (tertiary alicyclic amines) is 1. The molecule has 19 heavy (non-hydrogen) atoms. The first-order valence-electron chi connectivity index (χ1n) is 7.06.